The molecule has 13 aliphatic rings. The van der Waals surface area contributed by atoms with Gasteiger partial charge in [-0.05, 0) is 229 Å². The fourth-order valence-electron chi connectivity index (χ4n) is 25.8. The molecule has 0 N–H and O–H groups in total. The van der Waals surface area contributed by atoms with Crippen LogP contribution in [0.15, 0.2) is 0 Å². The van der Waals surface area contributed by atoms with Crippen LogP contribution in [0, 0.1) is 100 Å². The third kappa shape index (κ3) is 12.5. The van der Waals surface area contributed by atoms with Crippen LogP contribution in [0.2, 0.25) is 0 Å². The molecule has 13 aliphatic carbocycles. The van der Waals surface area contributed by atoms with Crippen LogP contribution in [-0.4, -0.2) is 46.1 Å². The lowest BCUT2D eigenvalue weighted by molar-refractivity contribution is -0.0479. The molecular weight excluding hydrogens is 929 g/mol. The maximum Gasteiger partial charge on any atom is 0.0107 e. The van der Waals surface area contributed by atoms with Crippen molar-refractivity contribution in [3.8, 4) is 0 Å². The molecule has 438 valence electrons. The van der Waals surface area contributed by atoms with Gasteiger partial charge in [-0.1, -0.05) is 206 Å². The van der Waals surface area contributed by atoms with E-state index in [1.54, 1.807) is 257 Å². The van der Waals surface area contributed by atoms with Crippen LogP contribution in [0.5, 0.6) is 0 Å². The molecule has 0 bridgehead atoms. The Balaban J connectivity index is 0.763. The lowest BCUT2D eigenvalue weighted by atomic mass is 9.62. The first kappa shape index (κ1) is 56.1. The second-order valence-corrected chi connectivity index (χ2v) is 33.5. The molecule has 10 unspecified atom stereocenters. The van der Waals surface area contributed by atoms with Crippen molar-refractivity contribution in [1.82, 2.24) is 9.80 Å². The fraction of sp³-hybridized carbons (Fsp3) is 1.00. The molecule has 0 aromatic rings. The molecule has 10 atom stereocenters. The number of hydrogen-bond donors (Lipinski definition) is 0. The van der Waals surface area contributed by atoms with Crippen molar-refractivity contribution in [2.24, 2.45) is 100 Å². The Labute approximate surface area is 478 Å². The van der Waals surface area contributed by atoms with Crippen molar-refractivity contribution < 1.29 is 0 Å². The molecule has 2 heteroatoms. The Morgan fingerprint density at radius 3 is 0.701 bits per heavy atom. The van der Waals surface area contributed by atoms with Crippen LogP contribution in [0.3, 0.4) is 0 Å². The molecule has 0 amide bonds. The highest BCUT2D eigenvalue weighted by Gasteiger charge is 2.60. The van der Waals surface area contributed by atoms with Crippen LogP contribution >= 0.6 is 0 Å². The summed E-state index contributed by atoms with van der Waals surface area (Å²) in [5.41, 5.74) is 0.491. The Morgan fingerprint density at radius 1 is 0.195 bits per heavy atom. The van der Waals surface area contributed by atoms with E-state index < -0.39 is 0 Å². The minimum Gasteiger partial charge on any atom is -0.294 e. The fourth-order valence-corrected chi connectivity index (χ4v) is 25.8. The van der Waals surface area contributed by atoms with Gasteiger partial charge in [0.15, 0.2) is 0 Å². The van der Waals surface area contributed by atoms with Crippen LogP contribution in [0.4, 0.5) is 0 Å². The van der Waals surface area contributed by atoms with Crippen LogP contribution < -0.4 is 0 Å². The first-order valence-corrected chi connectivity index (χ1v) is 37.5. The Hall–Kier alpha value is -0.0800. The quantitative estimate of drug-likeness (QED) is 0.192. The Morgan fingerprint density at radius 2 is 0.429 bits per heavy atom. The molecule has 0 aromatic carbocycles. The van der Waals surface area contributed by atoms with Crippen molar-refractivity contribution in [2.45, 2.75) is 371 Å². The molecule has 2 nitrogen and oxygen atoms in total. The molecule has 0 aromatic heterocycles. The van der Waals surface area contributed by atoms with Crippen molar-refractivity contribution in [3.63, 3.8) is 0 Å². The lowest BCUT2D eigenvalue weighted by Crippen LogP contribution is -2.56. The third-order valence-electron chi connectivity index (χ3n) is 29.6. The molecule has 0 radical (unpaired) electrons. The number of rotatable bonds is 12. The predicted octanol–water partition coefficient (Wildman–Crippen LogP) is 21.4. The Bertz CT molecular complexity index is 1570. The number of nitrogens with zero attached hydrogens (tertiary/aromatic N) is 2. The monoisotopic (exact) mass is 1060 g/mol. The summed E-state index contributed by atoms with van der Waals surface area (Å²) in [7, 11) is 0. The number of fused-ring (bicyclic) bond motifs is 3. The van der Waals surface area contributed by atoms with E-state index in [0.29, 0.717) is 5.41 Å². The van der Waals surface area contributed by atoms with Gasteiger partial charge in [-0.25, -0.2) is 0 Å². The molecule has 0 spiro atoms. The topological polar surface area (TPSA) is 6.48 Å². The summed E-state index contributed by atoms with van der Waals surface area (Å²) in [6, 6.07) is 5.31. The van der Waals surface area contributed by atoms with Gasteiger partial charge in [-0.3, -0.25) is 9.80 Å². The van der Waals surface area contributed by atoms with Crippen molar-refractivity contribution >= 4 is 0 Å². The van der Waals surface area contributed by atoms with Gasteiger partial charge in [0.05, 0.1) is 0 Å². The summed E-state index contributed by atoms with van der Waals surface area (Å²) in [5, 5.41) is 0. The summed E-state index contributed by atoms with van der Waals surface area (Å²) in [4.78, 5) is 7.11. The molecule has 0 heterocycles. The zero-order chi connectivity index (χ0) is 51.7. The summed E-state index contributed by atoms with van der Waals surface area (Å²) in [6.45, 7) is 5.88. The van der Waals surface area contributed by atoms with Crippen LogP contribution in [0.1, 0.15) is 335 Å². The SMILES string of the molecule is CC1(C)C2CC(N(C3CCC(C4CCCCC4)CC3)C3CC(C4CCCCC4)CC(C4CCCCC4)C3)CCC2C2CCC(N(C3CCC(C4CCCCC4)CC3)C3CC(C4CCCCC4)CC(C4CCCCC4)C3)CC21. The second-order valence-electron chi connectivity index (χ2n) is 33.5. The Kier molecular flexibility index (Phi) is 19.0. The average Bonchev–Trinajstić information content (AvgIpc) is 3.93. The van der Waals surface area contributed by atoms with E-state index in [9.17, 15) is 0 Å². The standard InChI is InChI=1S/C75H128N2/c1-75(2)73-51-67(76(65-37-33-59(34-38-65)53-21-9-3-10-22-53)69-47-61(55-25-13-5-14-26-55)45-62(48-69)56-27-15-6-16-28-56)41-43-71(73)72-44-42-68(52-74(72)75)77(66-39-35-60(36-40-66)54-23-11-4-12-24-54)70-49-63(57-29-17-7-18-30-57)46-64(50-70)58-31-19-8-20-32-58/h53-74H,3-52H2,1-2H3. The van der Waals surface area contributed by atoms with E-state index in [4.69, 9.17) is 0 Å². The zero-order valence-corrected chi connectivity index (χ0v) is 51.5. The number of hydrogen-bond acceptors (Lipinski definition) is 2. The molecule has 13 saturated carbocycles. The normalized spacial score (nSPS) is 44.3. The van der Waals surface area contributed by atoms with Gasteiger partial charge < -0.3 is 0 Å². The summed E-state index contributed by atoms with van der Waals surface area (Å²) in [5.74, 6) is 16.6. The smallest absolute Gasteiger partial charge is 0.0107 e. The summed E-state index contributed by atoms with van der Waals surface area (Å²) >= 11 is 0. The van der Waals surface area contributed by atoms with E-state index in [0.717, 1.165) is 131 Å². The van der Waals surface area contributed by atoms with E-state index in [2.05, 4.69) is 23.6 Å². The largest absolute Gasteiger partial charge is 0.294 e. The van der Waals surface area contributed by atoms with Crippen LogP contribution in [-0.2, 0) is 0 Å². The second kappa shape index (κ2) is 26.0. The minimum absolute atomic E-state index is 0.491. The lowest BCUT2D eigenvalue weighted by Gasteiger charge is -2.54. The zero-order valence-electron chi connectivity index (χ0n) is 51.5. The van der Waals surface area contributed by atoms with Gasteiger partial charge in [-0.15, -0.1) is 0 Å². The van der Waals surface area contributed by atoms with E-state index >= 15 is 0 Å². The maximum absolute atomic E-state index is 3.55. The maximum atomic E-state index is 3.55. The van der Waals surface area contributed by atoms with Crippen molar-refractivity contribution in [2.75, 3.05) is 0 Å². The van der Waals surface area contributed by atoms with Gasteiger partial charge in [0, 0.05) is 36.3 Å². The molecule has 13 rings (SSSR count). The van der Waals surface area contributed by atoms with E-state index in [1.165, 1.54) is 64.2 Å². The summed E-state index contributed by atoms with van der Waals surface area (Å²) in [6.07, 6.45) is 78.2. The first-order valence-electron chi connectivity index (χ1n) is 37.5. The first-order chi connectivity index (χ1) is 37.9. The molecule has 0 aliphatic heterocycles. The van der Waals surface area contributed by atoms with Gasteiger partial charge in [0.25, 0.3) is 0 Å². The van der Waals surface area contributed by atoms with Crippen molar-refractivity contribution in [1.29, 1.82) is 0 Å². The van der Waals surface area contributed by atoms with Gasteiger partial charge >= 0.3 is 0 Å². The highest BCUT2D eigenvalue weighted by Crippen LogP contribution is 2.65. The van der Waals surface area contributed by atoms with Gasteiger partial charge in [-0.2, -0.15) is 0 Å². The van der Waals surface area contributed by atoms with Gasteiger partial charge in [0.1, 0.15) is 0 Å². The average molecular weight is 1060 g/mol. The van der Waals surface area contributed by atoms with Crippen molar-refractivity contribution in [3.05, 3.63) is 0 Å². The minimum atomic E-state index is 0.491. The highest BCUT2D eigenvalue weighted by atomic mass is 15.2. The molecule has 77 heavy (non-hydrogen) atoms. The van der Waals surface area contributed by atoms with E-state index in [-0.39, 0.29) is 0 Å². The predicted molar refractivity (Wildman–Crippen MR) is 327 cm³/mol. The molecule has 0 saturated heterocycles. The molecular formula is C75H128N2. The van der Waals surface area contributed by atoms with E-state index in [1.807, 2.05) is 0 Å². The van der Waals surface area contributed by atoms with Crippen LogP contribution in [0.25, 0.3) is 0 Å². The summed E-state index contributed by atoms with van der Waals surface area (Å²) < 4.78 is 0. The molecule has 13 fully saturated rings. The third-order valence-corrected chi connectivity index (χ3v) is 29.6. The highest BCUT2D eigenvalue weighted by molar-refractivity contribution is 5.11. The van der Waals surface area contributed by atoms with Gasteiger partial charge in [0.2, 0.25) is 0 Å².